The van der Waals surface area contributed by atoms with Gasteiger partial charge in [0.2, 0.25) is 11.1 Å². The minimum absolute atomic E-state index is 0.236. The standard InChI is InChI=1S/C15H18BrN5OS/c16-12-4-6-13(7-5-12)21-15(17-18-19-21)23-11-8-14(22)20-9-2-1-3-10-20/h4-7H,1-3,8-11H2. The fraction of sp³-hybridized carbons (Fsp3) is 0.467. The quantitative estimate of drug-likeness (QED) is 0.728. The number of rotatable bonds is 5. The van der Waals surface area contributed by atoms with Gasteiger partial charge in [-0.25, -0.2) is 0 Å². The van der Waals surface area contributed by atoms with Crippen molar-refractivity contribution in [3.05, 3.63) is 28.7 Å². The third-order valence-electron chi connectivity index (χ3n) is 3.77. The van der Waals surface area contributed by atoms with Crippen LogP contribution in [-0.4, -0.2) is 49.9 Å². The predicted octanol–water partition coefficient (Wildman–Crippen LogP) is 2.92. The second kappa shape index (κ2) is 7.92. The second-order valence-electron chi connectivity index (χ2n) is 5.39. The molecule has 6 nitrogen and oxygen atoms in total. The van der Waals surface area contributed by atoms with E-state index < -0.39 is 0 Å². The summed E-state index contributed by atoms with van der Waals surface area (Å²) in [6.45, 7) is 1.81. The van der Waals surface area contributed by atoms with E-state index in [9.17, 15) is 4.79 Å². The van der Waals surface area contributed by atoms with Gasteiger partial charge in [0.05, 0.1) is 5.69 Å². The number of hydrogen-bond donors (Lipinski definition) is 0. The Bertz CT molecular complexity index is 654. The minimum atomic E-state index is 0.236. The van der Waals surface area contributed by atoms with Gasteiger partial charge in [0.15, 0.2) is 0 Å². The average Bonchev–Trinajstić information content (AvgIpc) is 3.05. The topological polar surface area (TPSA) is 63.9 Å². The van der Waals surface area contributed by atoms with Crippen LogP contribution >= 0.6 is 27.7 Å². The fourth-order valence-electron chi connectivity index (χ4n) is 2.54. The molecule has 1 amide bonds. The predicted molar refractivity (Wildman–Crippen MR) is 92.6 cm³/mol. The number of tetrazole rings is 1. The molecule has 2 heterocycles. The molecule has 3 rings (SSSR count). The summed E-state index contributed by atoms with van der Waals surface area (Å²) >= 11 is 4.93. The molecule has 0 saturated carbocycles. The van der Waals surface area contributed by atoms with E-state index in [2.05, 4.69) is 31.5 Å². The van der Waals surface area contributed by atoms with Gasteiger partial charge >= 0.3 is 0 Å². The molecular formula is C15H18BrN5OS. The summed E-state index contributed by atoms with van der Waals surface area (Å²) in [6, 6.07) is 7.80. The SMILES string of the molecule is O=C(CCSc1nnnn1-c1ccc(Br)cc1)N1CCCCC1. The third-order valence-corrected chi connectivity index (χ3v) is 5.22. The van der Waals surface area contributed by atoms with Crippen LogP contribution in [0.4, 0.5) is 0 Å². The number of piperidine rings is 1. The summed E-state index contributed by atoms with van der Waals surface area (Å²) in [5.74, 6) is 0.923. The van der Waals surface area contributed by atoms with E-state index in [1.54, 1.807) is 4.68 Å². The van der Waals surface area contributed by atoms with Gasteiger partial charge in [-0.1, -0.05) is 27.7 Å². The Morgan fingerprint density at radius 2 is 1.91 bits per heavy atom. The van der Waals surface area contributed by atoms with Crippen molar-refractivity contribution >= 4 is 33.6 Å². The van der Waals surface area contributed by atoms with Crippen LogP contribution in [0.3, 0.4) is 0 Å². The first-order chi connectivity index (χ1) is 11.2. The summed E-state index contributed by atoms with van der Waals surface area (Å²) < 4.78 is 2.71. The smallest absolute Gasteiger partial charge is 0.223 e. The molecule has 1 saturated heterocycles. The highest BCUT2D eigenvalue weighted by atomic mass is 79.9. The molecule has 23 heavy (non-hydrogen) atoms. The van der Waals surface area contributed by atoms with E-state index in [4.69, 9.17) is 0 Å². The van der Waals surface area contributed by atoms with Gasteiger partial charge < -0.3 is 4.90 Å². The molecule has 1 aliphatic heterocycles. The van der Waals surface area contributed by atoms with Crippen molar-refractivity contribution in [2.45, 2.75) is 30.8 Å². The normalized spacial score (nSPS) is 14.9. The fourth-order valence-corrected chi connectivity index (χ4v) is 3.63. The van der Waals surface area contributed by atoms with E-state index in [0.717, 1.165) is 36.1 Å². The number of carbonyl (C=O) groups excluding carboxylic acids is 1. The van der Waals surface area contributed by atoms with Crippen molar-refractivity contribution < 1.29 is 4.79 Å². The molecule has 0 N–H and O–H groups in total. The molecule has 0 aliphatic carbocycles. The summed E-state index contributed by atoms with van der Waals surface area (Å²) in [5.41, 5.74) is 0.906. The maximum Gasteiger partial charge on any atom is 0.223 e. The van der Waals surface area contributed by atoms with Crippen LogP contribution in [0, 0.1) is 0 Å². The zero-order valence-corrected chi connectivity index (χ0v) is 15.1. The summed E-state index contributed by atoms with van der Waals surface area (Å²) in [5, 5.41) is 12.5. The van der Waals surface area contributed by atoms with Gasteiger partial charge in [0.1, 0.15) is 0 Å². The molecule has 0 unspecified atom stereocenters. The van der Waals surface area contributed by atoms with Gasteiger partial charge in [-0.15, -0.1) is 5.10 Å². The molecule has 8 heteroatoms. The highest BCUT2D eigenvalue weighted by Crippen LogP contribution is 2.21. The molecule has 0 atom stereocenters. The Balaban J connectivity index is 1.56. The molecular weight excluding hydrogens is 378 g/mol. The van der Waals surface area contributed by atoms with Crippen molar-refractivity contribution in [1.29, 1.82) is 0 Å². The van der Waals surface area contributed by atoms with Gasteiger partial charge in [0, 0.05) is 29.7 Å². The van der Waals surface area contributed by atoms with Crippen molar-refractivity contribution in [3.8, 4) is 5.69 Å². The Morgan fingerprint density at radius 3 is 2.65 bits per heavy atom. The summed E-state index contributed by atoms with van der Waals surface area (Å²) in [4.78, 5) is 14.1. The van der Waals surface area contributed by atoms with Crippen molar-refractivity contribution in [1.82, 2.24) is 25.1 Å². The molecule has 1 aliphatic rings. The largest absolute Gasteiger partial charge is 0.343 e. The molecule has 2 aromatic rings. The first-order valence-electron chi connectivity index (χ1n) is 7.69. The lowest BCUT2D eigenvalue weighted by Crippen LogP contribution is -2.35. The summed E-state index contributed by atoms with van der Waals surface area (Å²) in [6.07, 6.45) is 4.01. The molecule has 1 aromatic heterocycles. The molecule has 1 fully saturated rings. The van der Waals surface area contributed by atoms with Gasteiger partial charge in [-0.3, -0.25) is 4.79 Å². The van der Waals surface area contributed by atoms with Crippen LogP contribution in [0.5, 0.6) is 0 Å². The number of thioether (sulfide) groups is 1. The number of benzene rings is 1. The zero-order valence-electron chi connectivity index (χ0n) is 12.7. The van der Waals surface area contributed by atoms with Gasteiger partial charge in [-0.05, 0) is 54.0 Å². The van der Waals surface area contributed by atoms with Crippen LogP contribution in [-0.2, 0) is 4.79 Å². The first-order valence-corrected chi connectivity index (χ1v) is 9.47. The molecule has 0 radical (unpaired) electrons. The number of carbonyl (C=O) groups is 1. The zero-order chi connectivity index (χ0) is 16.1. The van der Waals surface area contributed by atoms with Gasteiger partial charge in [0.25, 0.3) is 0 Å². The maximum atomic E-state index is 12.2. The number of halogens is 1. The first kappa shape index (κ1) is 16.4. The van der Waals surface area contributed by atoms with Crippen LogP contribution in [0.1, 0.15) is 25.7 Å². The third kappa shape index (κ3) is 4.32. The van der Waals surface area contributed by atoms with Crippen molar-refractivity contribution in [2.75, 3.05) is 18.8 Å². The molecule has 1 aromatic carbocycles. The summed E-state index contributed by atoms with van der Waals surface area (Å²) in [7, 11) is 0. The number of nitrogens with zero attached hydrogens (tertiary/aromatic N) is 5. The van der Waals surface area contributed by atoms with Gasteiger partial charge in [-0.2, -0.15) is 4.68 Å². The van der Waals surface area contributed by atoms with Crippen LogP contribution in [0.25, 0.3) is 5.69 Å². The highest BCUT2D eigenvalue weighted by Gasteiger charge is 2.17. The van der Waals surface area contributed by atoms with E-state index in [-0.39, 0.29) is 5.91 Å². The van der Waals surface area contributed by atoms with Crippen LogP contribution in [0.15, 0.2) is 33.9 Å². The number of aromatic nitrogens is 4. The lowest BCUT2D eigenvalue weighted by atomic mass is 10.1. The Labute approximate surface area is 147 Å². The lowest BCUT2D eigenvalue weighted by Gasteiger charge is -2.26. The van der Waals surface area contributed by atoms with Crippen molar-refractivity contribution in [3.63, 3.8) is 0 Å². The number of hydrogen-bond acceptors (Lipinski definition) is 5. The molecule has 0 spiro atoms. The van der Waals surface area contributed by atoms with E-state index in [1.807, 2.05) is 29.2 Å². The Hall–Kier alpha value is -1.41. The molecule has 122 valence electrons. The van der Waals surface area contributed by atoms with Crippen molar-refractivity contribution in [2.24, 2.45) is 0 Å². The van der Waals surface area contributed by atoms with E-state index in [1.165, 1.54) is 18.2 Å². The van der Waals surface area contributed by atoms with E-state index >= 15 is 0 Å². The lowest BCUT2D eigenvalue weighted by molar-refractivity contribution is -0.131. The average molecular weight is 396 g/mol. The second-order valence-corrected chi connectivity index (χ2v) is 7.37. The molecule has 0 bridgehead atoms. The van der Waals surface area contributed by atoms with Crippen LogP contribution < -0.4 is 0 Å². The Morgan fingerprint density at radius 1 is 1.17 bits per heavy atom. The van der Waals surface area contributed by atoms with Crippen LogP contribution in [0.2, 0.25) is 0 Å². The number of likely N-dealkylation sites (tertiary alicyclic amines) is 1. The number of amides is 1. The highest BCUT2D eigenvalue weighted by molar-refractivity contribution is 9.10. The Kier molecular flexibility index (Phi) is 5.66. The van der Waals surface area contributed by atoms with E-state index in [0.29, 0.717) is 17.3 Å². The maximum absolute atomic E-state index is 12.2. The monoisotopic (exact) mass is 395 g/mol. The minimum Gasteiger partial charge on any atom is -0.343 e.